The molecule has 2 amide bonds. The molecule has 0 saturated heterocycles. The van der Waals surface area contributed by atoms with Crippen molar-refractivity contribution >= 4 is 27.7 Å². The molecule has 0 radical (unpaired) electrons. The molecule has 1 saturated carbocycles. The smallest absolute Gasteiger partial charge is 0.261 e. The molecule has 160 valence electrons. The summed E-state index contributed by atoms with van der Waals surface area (Å²) in [7, 11) is 0. The van der Waals surface area contributed by atoms with Crippen molar-refractivity contribution in [3.8, 4) is 5.75 Å². The molecule has 2 aromatic carbocycles. The molecule has 0 heterocycles. The highest BCUT2D eigenvalue weighted by atomic mass is 79.9. The Labute approximate surface area is 186 Å². The van der Waals surface area contributed by atoms with E-state index in [4.69, 9.17) is 4.74 Å². The molecule has 0 spiro atoms. The van der Waals surface area contributed by atoms with Crippen LogP contribution < -0.4 is 10.1 Å². The number of para-hydroxylation sites is 1. The number of halogens is 1. The van der Waals surface area contributed by atoms with Gasteiger partial charge in [0.15, 0.2) is 6.61 Å². The Balaban J connectivity index is 1.71. The third-order valence-electron chi connectivity index (χ3n) is 5.58. The van der Waals surface area contributed by atoms with Gasteiger partial charge in [0.2, 0.25) is 5.91 Å². The van der Waals surface area contributed by atoms with Crippen LogP contribution in [0, 0.1) is 6.92 Å². The zero-order valence-electron chi connectivity index (χ0n) is 17.6. The molecule has 6 heteroatoms. The minimum absolute atomic E-state index is 0.108. The Hall–Kier alpha value is -2.34. The molecule has 1 aliphatic rings. The van der Waals surface area contributed by atoms with Gasteiger partial charge in [0.25, 0.3) is 5.91 Å². The highest BCUT2D eigenvalue weighted by Crippen LogP contribution is 2.20. The first-order valence-corrected chi connectivity index (χ1v) is 11.3. The first kappa shape index (κ1) is 22.3. The lowest BCUT2D eigenvalue weighted by molar-refractivity contribution is -0.142. The summed E-state index contributed by atoms with van der Waals surface area (Å²) >= 11 is 3.43. The minimum atomic E-state index is -0.581. The van der Waals surface area contributed by atoms with Crippen molar-refractivity contribution in [2.24, 2.45) is 0 Å². The highest BCUT2D eigenvalue weighted by Gasteiger charge is 2.28. The van der Waals surface area contributed by atoms with Crippen molar-refractivity contribution in [2.45, 2.75) is 58.2 Å². The molecule has 0 bridgehead atoms. The molecule has 5 nitrogen and oxygen atoms in total. The van der Waals surface area contributed by atoms with Crippen molar-refractivity contribution in [1.82, 2.24) is 10.2 Å². The molecule has 1 aliphatic carbocycles. The van der Waals surface area contributed by atoms with E-state index in [1.54, 1.807) is 11.8 Å². The van der Waals surface area contributed by atoms with E-state index in [0.717, 1.165) is 41.3 Å². The van der Waals surface area contributed by atoms with Gasteiger partial charge in [0.05, 0.1) is 0 Å². The van der Waals surface area contributed by atoms with Gasteiger partial charge in [-0.2, -0.15) is 0 Å². The Morgan fingerprint density at radius 1 is 1.13 bits per heavy atom. The monoisotopic (exact) mass is 472 g/mol. The van der Waals surface area contributed by atoms with Crippen molar-refractivity contribution in [2.75, 3.05) is 6.61 Å². The van der Waals surface area contributed by atoms with Crippen LogP contribution in [0.5, 0.6) is 5.75 Å². The van der Waals surface area contributed by atoms with Gasteiger partial charge in [-0.25, -0.2) is 0 Å². The van der Waals surface area contributed by atoms with E-state index in [1.807, 2.05) is 55.5 Å². The molecule has 0 aromatic heterocycles. The summed E-state index contributed by atoms with van der Waals surface area (Å²) in [5.74, 6) is 0.357. The second-order valence-corrected chi connectivity index (χ2v) is 8.78. The third kappa shape index (κ3) is 6.08. The summed E-state index contributed by atoms with van der Waals surface area (Å²) in [5, 5.41) is 3.11. The highest BCUT2D eigenvalue weighted by molar-refractivity contribution is 9.10. The average Bonchev–Trinajstić information content (AvgIpc) is 3.25. The normalized spacial score (nSPS) is 14.9. The lowest BCUT2D eigenvalue weighted by Crippen LogP contribution is -2.50. The predicted molar refractivity (Wildman–Crippen MR) is 121 cm³/mol. The van der Waals surface area contributed by atoms with Crippen LogP contribution in [0.3, 0.4) is 0 Å². The summed E-state index contributed by atoms with van der Waals surface area (Å²) in [4.78, 5) is 27.6. The summed E-state index contributed by atoms with van der Waals surface area (Å²) in [6.07, 6.45) is 4.31. The summed E-state index contributed by atoms with van der Waals surface area (Å²) in [6.45, 7) is 3.97. The number of carbonyl (C=O) groups is 2. The fourth-order valence-electron chi connectivity index (χ4n) is 3.70. The van der Waals surface area contributed by atoms with E-state index < -0.39 is 6.04 Å². The Morgan fingerprint density at radius 2 is 1.80 bits per heavy atom. The lowest BCUT2D eigenvalue weighted by atomic mass is 10.1. The number of hydrogen-bond donors (Lipinski definition) is 1. The summed E-state index contributed by atoms with van der Waals surface area (Å²) in [5.41, 5.74) is 1.93. The Bertz CT molecular complexity index is 863. The number of nitrogens with one attached hydrogen (secondary N) is 1. The van der Waals surface area contributed by atoms with Crippen molar-refractivity contribution in [1.29, 1.82) is 0 Å². The number of carbonyl (C=O) groups excluding carboxylic acids is 2. The number of ether oxygens (including phenoxy) is 1. The average molecular weight is 473 g/mol. The van der Waals surface area contributed by atoms with Crippen molar-refractivity contribution in [3.05, 3.63) is 64.1 Å². The fourth-order valence-corrected chi connectivity index (χ4v) is 3.97. The number of amides is 2. The number of benzene rings is 2. The zero-order chi connectivity index (χ0) is 21.5. The van der Waals surface area contributed by atoms with Gasteiger partial charge >= 0.3 is 0 Å². The van der Waals surface area contributed by atoms with E-state index >= 15 is 0 Å². The Morgan fingerprint density at radius 3 is 2.47 bits per heavy atom. The first-order valence-electron chi connectivity index (χ1n) is 10.5. The Kier molecular flexibility index (Phi) is 7.91. The van der Waals surface area contributed by atoms with E-state index in [1.165, 1.54) is 0 Å². The van der Waals surface area contributed by atoms with Gasteiger partial charge in [-0.05, 0) is 56.0 Å². The molecule has 1 fully saturated rings. The maximum atomic E-state index is 13.1. The van der Waals surface area contributed by atoms with E-state index in [0.29, 0.717) is 12.3 Å². The summed E-state index contributed by atoms with van der Waals surface area (Å²) < 4.78 is 6.74. The van der Waals surface area contributed by atoms with Gasteiger partial charge in [0.1, 0.15) is 11.8 Å². The molecule has 0 aliphatic heterocycles. The maximum Gasteiger partial charge on any atom is 0.261 e. The van der Waals surface area contributed by atoms with Crippen molar-refractivity contribution < 1.29 is 14.3 Å². The molecule has 2 aromatic rings. The van der Waals surface area contributed by atoms with E-state index in [9.17, 15) is 9.59 Å². The van der Waals surface area contributed by atoms with Crippen LogP contribution in [0.25, 0.3) is 0 Å². The second kappa shape index (κ2) is 10.6. The van der Waals surface area contributed by atoms with Crippen LogP contribution in [0.15, 0.2) is 53.0 Å². The van der Waals surface area contributed by atoms with Crippen LogP contribution in [0.1, 0.15) is 43.7 Å². The minimum Gasteiger partial charge on any atom is -0.484 e. The van der Waals surface area contributed by atoms with Gasteiger partial charge < -0.3 is 15.0 Å². The molecule has 1 atom stereocenters. The number of rotatable bonds is 8. The van der Waals surface area contributed by atoms with Crippen molar-refractivity contribution in [3.63, 3.8) is 0 Å². The summed E-state index contributed by atoms with van der Waals surface area (Å²) in [6, 6.07) is 15.0. The van der Waals surface area contributed by atoms with Crippen LogP contribution in [-0.4, -0.2) is 35.4 Å². The molecular weight excluding hydrogens is 444 g/mol. The topological polar surface area (TPSA) is 58.6 Å². The van der Waals surface area contributed by atoms with Crippen LogP contribution >= 0.6 is 15.9 Å². The van der Waals surface area contributed by atoms with Crippen LogP contribution in [-0.2, 0) is 16.1 Å². The molecule has 1 N–H and O–H groups in total. The number of aryl methyl sites for hydroxylation is 1. The third-order valence-corrected chi connectivity index (χ3v) is 6.11. The van der Waals surface area contributed by atoms with Gasteiger partial charge in [0, 0.05) is 17.1 Å². The SMILES string of the molecule is Cc1ccccc1OCC(=O)N(Cc1ccc(Br)cc1)[C@@H](C)C(=O)NC1CCCC1. The standard InChI is InChI=1S/C24H29BrN2O3/c1-17-7-3-6-10-22(17)30-16-23(28)27(15-19-11-13-20(25)14-12-19)18(2)24(29)26-21-8-4-5-9-21/h3,6-7,10-14,18,21H,4-5,8-9,15-16H2,1-2H3,(H,26,29)/t18-/m0/s1. The van der Waals surface area contributed by atoms with E-state index in [-0.39, 0.29) is 24.5 Å². The number of nitrogens with zero attached hydrogens (tertiary/aromatic N) is 1. The van der Waals surface area contributed by atoms with Gasteiger partial charge in [-0.15, -0.1) is 0 Å². The maximum absolute atomic E-state index is 13.1. The second-order valence-electron chi connectivity index (χ2n) is 7.87. The number of hydrogen-bond acceptors (Lipinski definition) is 3. The fraction of sp³-hybridized carbons (Fsp3) is 0.417. The zero-order valence-corrected chi connectivity index (χ0v) is 19.2. The van der Waals surface area contributed by atoms with Crippen LogP contribution in [0.2, 0.25) is 0 Å². The molecular formula is C24H29BrN2O3. The van der Waals surface area contributed by atoms with Gasteiger partial charge in [-0.3, -0.25) is 9.59 Å². The molecule has 3 rings (SSSR count). The molecule has 30 heavy (non-hydrogen) atoms. The quantitative estimate of drug-likeness (QED) is 0.609. The molecule has 0 unspecified atom stereocenters. The predicted octanol–water partition coefficient (Wildman–Crippen LogP) is 4.61. The largest absolute Gasteiger partial charge is 0.484 e. The van der Waals surface area contributed by atoms with Crippen LogP contribution in [0.4, 0.5) is 0 Å². The lowest BCUT2D eigenvalue weighted by Gasteiger charge is -2.29. The van der Waals surface area contributed by atoms with Gasteiger partial charge in [-0.1, -0.05) is 59.1 Å². The first-order chi connectivity index (χ1) is 14.4. The van der Waals surface area contributed by atoms with E-state index in [2.05, 4.69) is 21.2 Å².